The number of halogens is 1. The van der Waals surface area contributed by atoms with Gasteiger partial charge in [0.2, 0.25) is 0 Å². The van der Waals surface area contributed by atoms with Gasteiger partial charge in [-0.1, -0.05) is 0 Å². The highest BCUT2D eigenvalue weighted by atomic mass is 19.1. The molecule has 1 fully saturated rings. The molecule has 2 aromatic rings. The van der Waals surface area contributed by atoms with Gasteiger partial charge in [0, 0.05) is 6.07 Å². The maximum absolute atomic E-state index is 14.2. The van der Waals surface area contributed by atoms with Gasteiger partial charge in [-0.3, -0.25) is 4.79 Å². The molecule has 1 amide bonds. The van der Waals surface area contributed by atoms with Gasteiger partial charge < -0.3 is 14.4 Å². The van der Waals surface area contributed by atoms with E-state index in [1.54, 1.807) is 34.6 Å². The summed E-state index contributed by atoms with van der Waals surface area (Å²) in [5.41, 5.74) is 1.07. The van der Waals surface area contributed by atoms with Gasteiger partial charge in [0.1, 0.15) is 11.7 Å². The van der Waals surface area contributed by atoms with Gasteiger partial charge in [0.15, 0.2) is 23.7 Å². The van der Waals surface area contributed by atoms with Gasteiger partial charge in [-0.15, -0.1) is 0 Å². The summed E-state index contributed by atoms with van der Waals surface area (Å²) in [5.74, 6) is -0.260. The SMILES string of the molecule is Cc1nn(-c2cc(OC3CN(C(=O)OC(C)(C)C)C3)c(F)cn2)c(C)c1C=O. The zero-order valence-electron chi connectivity index (χ0n) is 16.5. The van der Waals surface area contributed by atoms with Crippen molar-refractivity contribution in [2.24, 2.45) is 0 Å². The summed E-state index contributed by atoms with van der Waals surface area (Å²) in [6.07, 6.45) is 1.01. The smallest absolute Gasteiger partial charge is 0.410 e. The number of likely N-dealkylation sites (tertiary alicyclic amines) is 1. The van der Waals surface area contributed by atoms with Gasteiger partial charge in [0.05, 0.1) is 36.2 Å². The molecule has 2 aromatic heterocycles. The van der Waals surface area contributed by atoms with Gasteiger partial charge in [-0.25, -0.2) is 18.9 Å². The highest BCUT2D eigenvalue weighted by molar-refractivity contribution is 5.78. The van der Waals surface area contributed by atoms with Crippen LogP contribution in [0.25, 0.3) is 5.82 Å². The normalized spacial score (nSPS) is 14.6. The van der Waals surface area contributed by atoms with Crippen LogP contribution >= 0.6 is 0 Å². The predicted molar refractivity (Wildman–Crippen MR) is 98.4 cm³/mol. The number of nitrogens with zero attached hydrogens (tertiary/aromatic N) is 4. The van der Waals surface area contributed by atoms with Crippen molar-refractivity contribution in [3.63, 3.8) is 0 Å². The number of ether oxygens (including phenoxy) is 2. The van der Waals surface area contributed by atoms with Crippen molar-refractivity contribution in [3.8, 4) is 11.6 Å². The van der Waals surface area contributed by atoms with Crippen molar-refractivity contribution in [1.82, 2.24) is 19.7 Å². The summed E-state index contributed by atoms with van der Waals surface area (Å²) in [7, 11) is 0. The van der Waals surface area contributed by atoms with Crippen LogP contribution in [0.1, 0.15) is 42.5 Å². The molecule has 0 saturated carbocycles. The number of aldehydes is 1. The fraction of sp³-hybridized carbons (Fsp3) is 0.474. The minimum atomic E-state index is -0.614. The molecule has 0 radical (unpaired) electrons. The summed E-state index contributed by atoms with van der Waals surface area (Å²) in [5, 5.41) is 4.28. The average Bonchev–Trinajstić information content (AvgIpc) is 2.84. The van der Waals surface area contributed by atoms with Crippen LogP contribution in [0.5, 0.6) is 5.75 Å². The third kappa shape index (κ3) is 3.97. The Bertz CT molecular complexity index is 913. The highest BCUT2D eigenvalue weighted by Gasteiger charge is 2.35. The first-order valence-electron chi connectivity index (χ1n) is 8.91. The van der Waals surface area contributed by atoms with Gasteiger partial charge in [-0.05, 0) is 34.6 Å². The maximum Gasteiger partial charge on any atom is 0.410 e. The topological polar surface area (TPSA) is 86.6 Å². The summed E-state index contributed by atoms with van der Waals surface area (Å²) in [6, 6.07) is 1.43. The number of hydrogen-bond donors (Lipinski definition) is 0. The van der Waals surface area contributed by atoms with E-state index in [1.165, 1.54) is 15.6 Å². The second-order valence-electron chi connectivity index (χ2n) is 7.71. The molecule has 0 aromatic carbocycles. The van der Waals surface area contributed by atoms with Crippen molar-refractivity contribution in [2.45, 2.75) is 46.3 Å². The van der Waals surface area contributed by atoms with Crippen LogP contribution in [0.4, 0.5) is 9.18 Å². The molecule has 0 N–H and O–H groups in total. The van der Waals surface area contributed by atoms with Crippen LogP contribution in [0.15, 0.2) is 12.3 Å². The van der Waals surface area contributed by atoms with Crippen molar-refractivity contribution >= 4 is 12.4 Å². The molecule has 1 aliphatic rings. The van der Waals surface area contributed by atoms with Crippen LogP contribution in [-0.2, 0) is 4.74 Å². The Labute approximate surface area is 162 Å². The second kappa shape index (κ2) is 7.21. The molecule has 0 unspecified atom stereocenters. The van der Waals surface area contributed by atoms with Gasteiger partial charge >= 0.3 is 6.09 Å². The first kappa shape index (κ1) is 19.8. The average molecular weight is 390 g/mol. The lowest BCUT2D eigenvalue weighted by atomic mass is 10.1. The van der Waals surface area contributed by atoms with Crippen LogP contribution < -0.4 is 4.74 Å². The molecule has 150 valence electrons. The lowest BCUT2D eigenvalue weighted by Crippen LogP contribution is -2.57. The van der Waals surface area contributed by atoms with E-state index in [0.29, 0.717) is 35.9 Å². The molecule has 28 heavy (non-hydrogen) atoms. The minimum absolute atomic E-state index is 0.0130. The molecule has 0 aliphatic carbocycles. The van der Waals surface area contributed by atoms with Crippen LogP contribution in [0.2, 0.25) is 0 Å². The Kier molecular flexibility index (Phi) is 5.10. The number of amides is 1. The molecule has 3 rings (SSSR count). The van der Waals surface area contributed by atoms with E-state index in [1.807, 2.05) is 0 Å². The molecule has 9 heteroatoms. The largest absolute Gasteiger partial charge is 0.483 e. The number of aryl methyl sites for hydroxylation is 1. The highest BCUT2D eigenvalue weighted by Crippen LogP contribution is 2.25. The predicted octanol–water partition coefficient (Wildman–Crippen LogP) is 2.83. The standard InChI is InChI=1S/C19H23FN4O4/c1-11-14(10-25)12(2)24(22-11)17-6-16(15(20)7-21-17)27-13-8-23(9-13)18(26)28-19(3,4)5/h6-7,10,13H,8-9H2,1-5H3. The molecule has 1 aliphatic heterocycles. The van der Waals surface area contributed by atoms with Crippen molar-refractivity contribution in [2.75, 3.05) is 13.1 Å². The molecule has 0 spiro atoms. The van der Waals surface area contributed by atoms with E-state index >= 15 is 0 Å². The van der Waals surface area contributed by atoms with E-state index in [-0.39, 0.29) is 11.9 Å². The van der Waals surface area contributed by atoms with E-state index in [4.69, 9.17) is 9.47 Å². The Morgan fingerprint density at radius 2 is 2.00 bits per heavy atom. The maximum atomic E-state index is 14.2. The van der Waals surface area contributed by atoms with E-state index in [0.717, 1.165) is 12.5 Å². The minimum Gasteiger partial charge on any atom is -0.483 e. The van der Waals surface area contributed by atoms with Crippen molar-refractivity contribution < 1.29 is 23.5 Å². The van der Waals surface area contributed by atoms with Gasteiger partial charge in [0.25, 0.3) is 0 Å². The van der Waals surface area contributed by atoms with Crippen LogP contribution in [0, 0.1) is 19.7 Å². The molecule has 0 atom stereocenters. The van der Waals surface area contributed by atoms with Crippen LogP contribution in [0.3, 0.4) is 0 Å². The van der Waals surface area contributed by atoms with Gasteiger partial charge in [-0.2, -0.15) is 5.10 Å². The lowest BCUT2D eigenvalue weighted by Gasteiger charge is -2.39. The Hall–Kier alpha value is -2.97. The molecule has 0 bridgehead atoms. The molecule has 1 saturated heterocycles. The quantitative estimate of drug-likeness (QED) is 0.746. The number of aromatic nitrogens is 3. The summed E-state index contributed by atoms with van der Waals surface area (Å²) < 4.78 is 26.6. The molecule has 3 heterocycles. The van der Waals surface area contributed by atoms with Crippen molar-refractivity contribution in [3.05, 3.63) is 35.0 Å². The number of pyridine rings is 1. The Morgan fingerprint density at radius 3 is 2.57 bits per heavy atom. The number of hydrogen-bond acceptors (Lipinski definition) is 6. The fourth-order valence-corrected chi connectivity index (χ4v) is 2.83. The van der Waals surface area contributed by atoms with Crippen molar-refractivity contribution in [1.29, 1.82) is 0 Å². The van der Waals surface area contributed by atoms with E-state index in [9.17, 15) is 14.0 Å². The number of rotatable bonds is 4. The fourth-order valence-electron chi connectivity index (χ4n) is 2.83. The summed E-state index contributed by atoms with van der Waals surface area (Å²) >= 11 is 0. The summed E-state index contributed by atoms with van der Waals surface area (Å²) in [6.45, 7) is 9.45. The first-order chi connectivity index (χ1) is 13.1. The van der Waals surface area contributed by atoms with Crippen LogP contribution in [-0.4, -0.2) is 56.8 Å². The second-order valence-corrected chi connectivity index (χ2v) is 7.71. The third-order valence-electron chi connectivity index (χ3n) is 4.28. The molecular formula is C19H23FN4O4. The molecule has 8 nitrogen and oxygen atoms in total. The Morgan fingerprint density at radius 1 is 1.32 bits per heavy atom. The third-order valence-corrected chi connectivity index (χ3v) is 4.28. The zero-order valence-corrected chi connectivity index (χ0v) is 16.5. The number of carbonyl (C=O) groups is 2. The first-order valence-corrected chi connectivity index (χ1v) is 8.91. The van der Waals surface area contributed by atoms with E-state index < -0.39 is 17.5 Å². The number of carbonyl (C=O) groups excluding carboxylic acids is 2. The zero-order chi connectivity index (χ0) is 20.6. The monoisotopic (exact) mass is 390 g/mol. The molecular weight excluding hydrogens is 367 g/mol. The Balaban J connectivity index is 1.71. The summed E-state index contributed by atoms with van der Waals surface area (Å²) in [4.78, 5) is 28.7. The van der Waals surface area contributed by atoms with E-state index in [2.05, 4.69) is 10.1 Å². The lowest BCUT2D eigenvalue weighted by molar-refractivity contribution is -0.0229.